The first kappa shape index (κ1) is 15.4. The molecule has 1 aromatic rings. The highest BCUT2D eigenvalue weighted by molar-refractivity contribution is 5.82. The first-order chi connectivity index (χ1) is 9.94. The number of carbonyl (C=O) groups is 2. The number of nitrogens with one attached hydrogen (secondary N) is 1. The molecule has 1 aliphatic heterocycles. The van der Waals surface area contributed by atoms with E-state index in [-0.39, 0.29) is 17.9 Å². The van der Waals surface area contributed by atoms with Crippen LogP contribution in [0.1, 0.15) is 24.0 Å². The quantitative estimate of drug-likeness (QED) is 0.892. The molecule has 5 heteroatoms. The Morgan fingerprint density at radius 3 is 2.57 bits per heavy atom. The van der Waals surface area contributed by atoms with E-state index in [0.29, 0.717) is 26.0 Å². The van der Waals surface area contributed by atoms with Gasteiger partial charge in [0.1, 0.15) is 5.75 Å². The van der Waals surface area contributed by atoms with Crippen LogP contribution < -0.4 is 10.1 Å². The number of hydrogen-bond acceptors (Lipinski definition) is 3. The van der Waals surface area contributed by atoms with Crippen molar-refractivity contribution in [2.24, 2.45) is 0 Å². The molecular formula is C16H22N2O3. The van der Waals surface area contributed by atoms with Gasteiger partial charge in [-0.3, -0.25) is 9.59 Å². The summed E-state index contributed by atoms with van der Waals surface area (Å²) in [5.41, 5.74) is 2.28. The van der Waals surface area contributed by atoms with Crippen molar-refractivity contribution in [2.75, 3.05) is 20.2 Å². The Morgan fingerprint density at radius 2 is 2.00 bits per heavy atom. The molecule has 0 aliphatic carbocycles. The van der Waals surface area contributed by atoms with E-state index in [1.54, 1.807) is 11.9 Å². The topological polar surface area (TPSA) is 58.6 Å². The van der Waals surface area contributed by atoms with Gasteiger partial charge in [-0.05, 0) is 37.1 Å². The Balaban J connectivity index is 1.73. The number of amides is 2. The summed E-state index contributed by atoms with van der Waals surface area (Å²) >= 11 is 0. The van der Waals surface area contributed by atoms with Gasteiger partial charge in [0, 0.05) is 20.0 Å². The maximum absolute atomic E-state index is 11.8. The van der Waals surface area contributed by atoms with Crippen molar-refractivity contribution in [3.8, 4) is 5.75 Å². The largest absolute Gasteiger partial charge is 0.493 e. The molecule has 2 rings (SSSR count). The zero-order valence-electron chi connectivity index (χ0n) is 12.8. The highest BCUT2D eigenvalue weighted by Crippen LogP contribution is 2.16. The normalized spacial score (nSPS) is 18.0. The molecule has 5 nitrogen and oxygen atoms in total. The van der Waals surface area contributed by atoms with Gasteiger partial charge >= 0.3 is 0 Å². The smallest absolute Gasteiger partial charge is 0.224 e. The maximum atomic E-state index is 11.8. The predicted octanol–water partition coefficient (Wildman–Crippen LogP) is 1.42. The van der Waals surface area contributed by atoms with Crippen molar-refractivity contribution >= 4 is 11.8 Å². The van der Waals surface area contributed by atoms with Crippen LogP contribution in [0.15, 0.2) is 18.2 Å². The first-order valence-corrected chi connectivity index (χ1v) is 7.18. The van der Waals surface area contributed by atoms with Gasteiger partial charge in [-0.15, -0.1) is 0 Å². The summed E-state index contributed by atoms with van der Waals surface area (Å²) in [4.78, 5) is 24.8. The highest BCUT2D eigenvalue weighted by atomic mass is 16.5. The second kappa shape index (κ2) is 6.61. The Kier molecular flexibility index (Phi) is 4.83. The lowest BCUT2D eigenvalue weighted by atomic mass is 10.1. The summed E-state index contributed by atoms with van der Waals surface area (Å²) in [6.45, 7) is 4.95. The average Bonchev–Trinajstić information content (AvgIpc) is 2.66. The minimum Gasteiger partial charge on any atom is -0.493 e. The Bertz CT molecular complexity index is 522. The van der Waals surface area contributed by atoms with E-state index in [1.807, 2.05) is 26.0 Å². The van der Waals surface area contributed by atoms with Crippen molar-refractivity contribution in [3.63, 3.8) is 0 Å². The van der Waals surface area contributed by atoms with Crippen molar-refractivity contribution < 1.29 is 14.3 Å². The summed E-state index contributed by atoms with van der Waals surface area (Å²) in [6.07, 6.45) is 0.682. The van der Waals surface area contributed by atoms with E-state index in [1.165, 1.54) is 0 Å². The lowest BCUT2D eigenvalue weighted by Crippen LogP contribution is -2.37. The summed E-state index contributed by atoms with van der Waals surface area (Å²) < 4.78 is 5.61. The fourth-order valence-electron chi connectivity index (χ4n) is 2.54. The van der Waals surface area contributed by atoms with Gasteiger partial charge in [0.05, 0.1) is 19.1 Å². The standard InChI is InChI=1S/C16H22N2O3/c1-11-6-12(2)8-14(7-11)21-5-4-15(19)17-13-9-16(20)18(3)10-13/h6-8,13H,4-5,9-10H2,1-3H3,(H,17,19)/t13-/m1/s1. The van der Waals surface area contributed by atoms with Crippen LogP contribution in [-0.4, -0.2) is 43.0 Å². The molecular weight excluding hydrogens is 268 g/mol. The second-order valence-electron chi connectivity index (χ2n) is 5.66. The number of ether oxygens (including phenoxy) is 1. The zero-order valence-corrected chi connectivity index (χ0v) is 12.8. The zero-order chi connectivity index (χ0) is 15.4. The van der Waals surface area contributed by atoms with Crippen LogP contribution in [0.25, 0.3) is 0 Å². The van der Waals surface area contributed by atoms with E-state index in [0.717, 1.165) is 16.9 Å². The molecule has 21 heavy (non-hydrogen) atoms. The Hall–Kier alpha value is -2.04. The molecule has 1 saturated heterocycles. The van der Waals surface area contributed by atoms with Crippen LogP contribution in [0.3, 0.4) is 0 Å². The van der Waals surface area contributed by atoms with Gasteiger partial charge in [0.15, 0.2) is 0 Å². The molecule has 1 heterocycles. The highest BCUT2D eigenvalue weighted by Gasteiger charge is 2.27. The van der Waals surface area contributed by atoms with Crippen LogP contribution in [-0.2, 0) is 9.59 Å². The minimum atomic E-state index is -0.0764. The third-order valence-electron chi connectivity index (χ3n) is 3.50. The van der Waals surface area contributed by atoms with Crippen molar-refractivity contribution in [1.29, 1.82) is 0 Å². The number of rotatable bonds is 5. The van der Waals surface area contributed by atoms with Gasteiger partial charge in [-0.25, -0.2) is 0 Å². The monoisotopic (exact) mass is 290 g/mol. The fraction of sp³-hybridized carbons (Fsp3) is 0.500. The molecule has 114 valence electrons. The Labute approximate surface area is 125 Å². The molecule has 2 amide bonds. The van der Waals surface area contributed by atoms with Crippen LogP contribution >= 0.6 is 0 Å². The number of benzene rings is 1. The molecule has 0 aromatic heterocycles. The molecule has 0 saturated carbocycles. The predicted molar refractivity (Wildman–Crippen MR) is 80.2 cm³/mol. The molecule has 1 aromatic carbocycles. The van der Waals surface area contributed by atoms with Gasteiger partial charge in [0.2, 0.25) is 11.8 Å². The van der Waals surface area contributed by atoms with E-state index in [2.05, 4.69) is 11.4 Å². The van der Waals surface area contributed by atoms with Crippen molar-refractivity contribution in [1.82, 2.24) is 10.2 Å². The van der Waals surface area contributed by atoms with Crippen LogP contribution in [0.5, 0.6) is 5.75 Å². The Morgan fingerprint density at radius 1 is 1.33 bits per heavy atom. The lowest BCUT2D eigenvalue weighted by molar-refractivity contribution is -0.126. The second-order valence-corrected chi connectivity index (χ2v) is 5.66. The molecule has 1 fully saturated rings. The number of likely N-dealkylation sites (tertiary alicyclic amines) is 1. The summed E-state index contributed by atoms with van der Waals surface area (Å²) in [5, 5.41) is 2.87. The number of hydrogen-bond donors (Lipinski definition) is 1. The summed E-state index contributed by atoms with van der Waals surface area (Å²) in [5.74, 6) is 0.787. The van der Waals surface area contributed by atoms with Crippen molar-refractivity contribution in [3.05, 3.63) is 29.3 Å². The van der Waals surface area contributed by atoms with Crippen molar-refractivity contribution in [2.45, 2.75) is 32.7 Å². The van der Waals surface area contributed by atoms with Crippen LogP contribution in [0.4, 0.5) is 0 Å². The summed E-state index contributed by atoms with van der Waals surface area (Å²) in [6, 6.07) is 5.91. The molecule has 0 bridgehead atoms. The van der Waals surface area contributed by atoms with E-state index >= 15 is 0 Å². The van der Waals surface area contributed by atoms with Crippen LogP contribution in [0.2, 0.25) is 0 Å². The molecule has 1 atom stereocenters. The van der Waals surface area contributed by atoms with Gasteiger partial charge in [-0.1, -0.05) is 6.07 Å². The molecule has 1 aliphatic rings. The number of nitrogens with zero attached hydrogens (tertiary/aromatic N) is 1. The van der Waals surface area contributed by atoms with Gasteiger partial charge < -0.3 is 15.0 Å². The number of likely N-dealkylation sites (N-methyl/N-ethyl adjacent to an activating group) is 1. The minimum absolute atomic E-state index is 0.0729. The molecule has 0 spiro atoms. The lowest BCUT2D eigenvalue weighted by Gasteiger charge is -2.13. The van der Waals surface area contributed by atoms with Gasteiger partial charge in [0.25, 0.3) is 0 Å². The van der Waals surface area contributed by atoms with E-state index < -0.39 is 0 Å². The number of aryl methyl sites for hydroxylation is 2. The average molecular weight is 290 g/mol. The van der Waals surface area contributed by atoms with Gasteiger partial charge in [-0.2, -0.15) is 0 Å². The third-order valence-corrected chi connectivity index (χ3v) is 3.50. The molecule has 0 unspecified atom stereocenters. The van der Waals surface area contributed by atoms with E-state index in [9.17, 15) is 9.59 Å². The maximum Gasteiger partial charge on any atom is 0.224 e. The van der Waals surface area contributed by atoms with E-state index in [4.69, 9.17) is 4.74 Å². The third kappa shape index (κ3) is 4.48. The fourth-order valence-corrected chi connectivity index (χ4v) is 2.54. The van der Waals surface area contributed by atoms with Crippen LogP contribution in [0, 0.1) is 13.8 Å². The SMILES string of the molecule is Cc1cc(C)cc(OCCC(=O)N[C@@H]2CC(=O)N(C)C2)c1. The molecule has 1 N–H and O–H groups in total. The molecule has 0 radical (unpaired) electrons. The summed E-state index contributed by atoms with van der Waals surface area (Å²) in [7, 11) is 1.75. The first-order valence-electron chi connectivity index (χ1n) is 7.18. The number of carbonyl (C=O) groups excluding carboxylic acids is 2.